The van der Waals surface area contributed by atoms with Crippen LogP contribution in [0.5, 0.6) is 0 Å². The molecule has 0 aliphatic carbocycles. The third-order valence-corrected chi connectivity index (χ3v) is 3.37. The summed E-state index contributed by atoms with van der Waals surface area (Å²) in [6.07, 6.45) is 2.41. The normalized spacial score (nSPS) is 12.2. The van der Waals surface area contributed by atoms with Gasteiger partial charge in [-0.2, -0.15) is 4.37 Å². The van der Waals surface area contributed by atoms with Gasteiger partial charge in [0.1, 0.15) is 10.6 Å². The SMILES string of the molecule is CCCCC(N)C(=O)Nc1snc(C)c1C(=O)O. The van der Waals surface area contributed by atoms with Gasteiger partial charge in [-0.1, -0.05) is 19.8 Å². The summed E-state index contributed by atoms with van der Waals surface area (Å²) in [5, 5.41) is 11.8. The number of unbranched alkanes of at least 4 members (excludes halogenated alkanes) is 1. The van der Waals surface area contributed by atoms with E-state index in [0.717, 1.165) is 24.4 Å². The van der Waals surface area contributed by atoms with Gasteiger partial charge in [0.25, 0.3) is 0 Å². The second-order valence-corrected chi connectivity index (χ2v) is 4.79. The van der Waals surface area contributed by atoms with Crippen molar-refractivity contribution in [2.45, 2.75) is 39.2 Å². The van der Waals surface area contributed by atoms with E-state index in [1.807, 2.05) is 6.92 Å². The molecule has 1 rings (SSSR count). The smallest absolute Gasteiger partial charge is 0.340 e. The highest BCUT2D eigenvalue weighted by Gasteiger charge is 2.21. The highest BCUT2D eigenvalue weighted by molar-refractivity contribution is 7.11. The number of nitrogens with two attached hydrogens (primary N) is 1. The van der Waals surface area contributed by atoms with Crippen molar-refractivity contribution in [2.24, 2.45) is 5.73 Å². The summed E-state index contributed by atoms with van der Waals surface area (Å²) < 4.78 is 3.92. The van der Waals surface area contributed by atoms with Crippen molar-refractivity contribution in [2.75, 3.05) is 5.32 Å². The molecular weight excluding hydrogens is 254 g/mol. The number of hydrogen-bond donors (Lipinski definition) is 3. The van der Waals surface area contributed by atoms with Gasteiger partial charge < -0.3 is 16.2 Å². The van der Waals surface area contributed by atoms with E-state index in [1.165, 1.54) is 0 Å². The van der Waals surface area contributed by atoms with E-state index in [-0.39, 0.29) is 16.5 Å². The van der Waals surface area contributed by atoms with Crippen molar-refractivity contribution in [1.82, 2.24) is 4.37 Å². The van der Waals surface area contributed by atoms with Crippen LogP contribution in [0.15, 0.2) is 0 Å². The van der Waals surface area contributed by atoms with Crippen molar-refractivity contribution in [1.29, 1.82) is 0 Å². The minimum Gasteiger partial charge on any atom is -0.478 e. The van der Waals surface area contributed by atoms with Crippen LogP contribution in [0.1, 0.15) is 42.2 Å². The molecule has 100 valence electrons. The summed E-state index contributed by atoms with van der Waals surface area (Å²) in [6, 6.07) is -0.617. The maximum absolute atomic E-state index is 11.8. The molecular formula is C11H17N3O3S. The Morgan fingerprint density at radius 1 is 1.56 bits per heavy atom. The zero-order valence-corrected chi connectivity index (χ0v) is 11.2. The number of nitrogens with one attached hydrogen (secondary N) is 1. The first-order chi connectivity index (χ1) is 8.47. The summed E-state index contributed by atoms with van der Waals surface area (Å²) in [5.74, 6) is -1.46. The molecule has 18 heavy (non-hydrogen) atoms. The number of carbonyl (C=O) groups is 2. The molecule has 0 radical (unpaired) electrons. The molecule has 1 aromatic rings. The monoisotopic (exact) mass is 271 g/mol. The lowest BCUT2D eigenvalue weighted by Crippen LogP contribution is -2.35. The third-order valence-electron chi connectivity index (χ3n) is 2.52. The molecule has 0 fully saturated rings. The van der Waals surface area contributed by atoms with Gasteiger partial charge in [-0.05, 0) is 24.9 Å². The quantitative estimate of drug-likeness (QED) is 0.729. The molecule has 1 heterocycles. The summed E-state index contributed by atoms with van der Waals surface area (Å²) in [5.41, 5.74) is 6.14. The van der Waals surface area contributed by atoms with Crippen LogP contribution in [-0.4, -0.2) is 27.4 Å². The fraction of sp³-hybridized carbons (Fsp3) is 0.545. The number of anilines is 1. The first-order valence-electron chi connectivity index (χ1n) is 5.73. The van der Waals surface area contributed by atoms with E-state index in [1.54, 1.807) is 6.92 Å². The van der Waals surface area contributed by atoms with Crippen molar-refractivity contribution < 1.29 is 14.7 Å². The highest BCUT2D eigenvalue weighted by atomic mass is 32.1. The molecule has 0 saturated heterocycles. The molecule has 0 aliphatic heterocycles. The second-order valence-electron chi connectivity index (χ2n) is 4.02. The maximum atomic E-state index is 11.8. The Kier molecular flexibility index (Phi) is 5.24. The number of hydrogen-bond acceptors (Lipinski definition) is 5. The van der Waals surface area contributed by atoms with Crippen molar-refractivity contribution in [3.63, 3.8) is 0 Å². The molecule has 0 bridgehead atoms. The highest BCUT2D eigenvalue weighted by Crippen LogP contribution is 2.24. The Morgan fingerprint density at radius 3 is 2.78 bits per heavy atom. The number of aromatic carboxylic acids is 1. The van der Waals surface area contributed by atoms with Gasteiger partial charge in [0.05, 0.1) is 11.7 Å². The minimum absolute atomic E-state index is 0.0380. The number of aryl methyl sites for hydroxylation is 1. The number of carbonyl (C=O) groups excluding carboxylic acids is 1. The van der Waals surface area contributed by atoms with E-state index in [2.05, 4.69) is 9.69 Å². The minimum atomic E-state index is -1.10. The molecule has 0 saturated carbocycles. The summed E-state index contributed by atoms with van der Waals surface area (Å²) >= 11 is 0.956. The van der Waals surface area contributed by atoms with Crippen molar-refractivity contribution in [3.8, 4) is 0 Å². The lowest BCUT2D eigenvalue weighted by molar-refractivity contribution is -0.117. The first-order valence-corrected chi connectivity index (χ1v) is 6.50. The molecule has 4 N–H and O–H groups in total. The van der Waals surface area contributed by atoms with Crippen LogP contribution in [0.2, 0.25) is 0 Å². The van der Waals surface area contributed by atoms with E-state index in [9.17, 15) is 9.59 Å². The molecule has 0 aliphatic rings. The molecule has 0 spiro atoms. The Bertz CT molecular complexity index is 445. The Hall–Kier alpha value is -1.47. The van der Waals surface area contributed by atoms with Crippen LogP contribution < -0.4 is 11.1 Å². The molecule has 1 amide bonds. The number of carboxylic acid groups (broad SMARTS) is 1. The van der Waals surface area contributed by atoms with Crippen LogP contribution in [0.3, 0.4) is 0 Å². The number of aromatic nitrogens is 1. The van der Waals surface area contributed by atoms with Gasteiger partial charge in [0, 0.05) is 0 Å². The topological polar surface area (TPSA) is 105 Å². The van der Waals surface area contributed by atoms with E-state index >= 15 is 0 Å². The van der Waals surface area contributed by atoms with E-state index in [0.29, 0.717) is 12.1 Å². The lowest BCUT2D eigenvalue weighted by Gasteiger charge is -2.10. The fourth-order valence-electron chi connectivity index (χ4n) is 1.47. The summed E-state index contributed by atoms with van der Waals surface area (Å²) in [4.78, 5) is 22.8. The van der Waals surface area contributed by atoms with Crippen molar-refractivity contribution in [3.05, 3.63) is 11.3 Å². The number of carboxylic acids is 1. The Balaban J connectivity index is 2.73. The van der Waals surface area contributed by atoms with Crippen molar-refractivity contribution >= 4 is 28.4 Å². The molecule has 1 unspecified atom stereocenters. The van der Waals surface area contributed by atoms with Gasteiger partial charge in [-0.3, -0.25) is 4.79 Å². The average molecular weight is 271 g/mol. The summed E-state index contributed by atoms with van der Waals surface area (Å²) in [6.45, 7) is 3.60. The van der Waals surface area contributed by atoms with Gasteiger partial charge in [0.2, 0.25) is 5.91 Å². The molecule has 1 aromatic heterocycles. The van der Waals surface area contributed by atoms with Gasteiger partial charge in [-0.15, -0.1) is 0 Å². The van der Waals surface area contributed by atoms with Crippen LogP contribution in [-0.2, 0) is 4.79 Å². The third kappa shape index (κ3) is 3.51. The van der Waals surface area contributed by atoms with Crippen LogP contribution in [0, 0.1) is 6.92 Å². The zero-order chi connectivity index (χ0) is 13.7. The molecule has 6 nitrogen and oxygen atoms in total. The standard InChI is InChI=1S/C11H17N3O3S/c1-3-4-5-7(12)9(15)13-10-8(11(16)17)6(2)14-18-10/h7H,3-5,12H2,1-2H3,(H,13,15)(H,16,17). The predicted octanol–water partition coefficient (Wildman–Crippen LogP) is 1.61. The van der Waals surface area contributed by atoms with Gasteiger partial charge in [-0.25, -0.2) is 4.79 Å². The molecule has 0 aromatic carbocycles. The van der Waals surface area contributed by atoms with Crippen LogP contribution in [0.4, 0.5) is 5.00 Å². The van der Waals surface area contributed by atoms with Gasteiger partial charge in [0.15, 0.2) is 0 Å². The second kappa shape index (κ2) is 6.46. The first kappa shape index (κ1) is 14.6. The lowest BCUT2D eigenvalue weighted by atomic mass is 10.1. The zero-order valence-electron chi connectivity index (χ0n) is 10.4. The number of rotatable bonds is 6. The summed E-state index contributed by atoms with van der Waals surface area (Å²) in [7, 11) is 0. The van der Waals surface area contributed by atoms with E-state index < -0.39 is 12.0 Å². The Morgan fingerprint density at radius 2 is 2.22 bits per heavy atom. The molecule has 7 heteroatoms. The van der Waals surface area contributed by atoms with Crippen LogP contribution >= 0.6 is 11.5 Å². The number of nitrogens with zero attached hydrogens (tertiary/aromatic N) is 1. The number of amides is 1. The molecule has 1 atom stereocenters. The average Bonchev–Trinajstić information content (AvgIpc) is 2.67. The van der Waals surface area contributed by atoms with Crippen LogP contribution in [0.25, 0.3) is 0 Å². The van der Waals surface area contributed by atoms with E-state index in [4.69, 9.17) is 10.8 Å². The Labute approximate surface area is 109 Å². The largest absolute Gasteiger partial charge is 0.478 e. The fourth-order valence-corrected chi connectivity index (χ4v) is 2.26. The maximum Gasteiger partial charge on any atom is 0.340 e. The predicted molar refractivity (Wildman–Crippen MR) is 69.9 cm³/mol. The van der Waals surface area contributed by atoms with Gasteiger partial charge >= 0.3 is 5.97 Å².